The van der Waals surface area contributed by atoms with E-state index >= 15 is 0 Å². The Balaban J connectivity index is 1.87. The van der Waals surface area contributed by atoms with Crippen LogP contribution in [0.2, 0.25) is 10.0 Å². The van der Waals surface area contributed by atoms with Crippen molar-refractivity contribution < 1.29 is 46.1 Å². The Morgan fingerprint density at radius 1 is 1.25 bits per heavy atom. The first-order valence-electron chi connectivity index (χ1n) is 11.3. The number of hydrogen-bond acceptors (Lipinski definition) is 7. The summed E-state index contributed by atoms with van der Waals surface area (Å²) in [5.41, 5.74) is -1.75. The average molecular weight is 622 g/mol. The normalized spacial score (nSPS) is 14.3. The van der Waals surface area contributed by atoms with Crippen molar-refractivity contribution in [2.45, 2.75) is 17.2 Å². The molecule has 0 saturated heterocycles. The van der Waals surface area contributed by atoms with Crippen molar-refractivity contribution in [3.05, 3.63) is 75.5 Å². The highest BCUT2D eigenvalue weighted by Gasteiger charge is 2.37. The number of sulfonamides is 1. The van der Waals surface area contributed by atoms with E-state index < -0.39 is 50.6 Å². The highest BCUT2D eigenvalue weighted by Crippen LogP contribution is 2.43. The van der Waals surface area contributed by atoms with E-state index in [9.17, 15) is 36.6 Å². The van der Waals surface area contributed by atoms with Crippen LogP contribution in [0.15, 0.2) is 53.6 Å². The molecule has 4 rings (SSSR count). The van der Waals surface area contributed by atoms with Crippen molar-refractivity contribution >= 4 is 50.7 Å². The van der Waals surface area contributed by atoms with Crippen LogP contribution in [0, 0.1) is 0 Å². The first-order chi connectivity index (χ1) is 18.8. The third-order valence-electron chi connectivity index (χ3n) is 5.87. The van der Waals surface area contributed by atoms with Crippen molar-refractivity contribution in [2.24, 2.45) is 0 Å². The molecule has 0 aliphatic carbocycles. The van der Waals surface area contributed by atoms with E-state index in [1.165, 1.54) is 18.2 Å². The Morgan fingerprint density at radius 3 is 2.62 bits per heavy atom. The molecule has 0 radical (unpaired) electrons. The molecule has 3 aromatic rings. The summed E-state index contributed by atoms with van der Waals surface area (Å²) in [6.07, 6.45) is -6.75. The van der Waals surface area contributed by atoms with Crippen molar-refractivity contribution in [1.29, 1.82) is 0 Å². The lowest BCUT2D eigenvalue weighted by Gasteiger charge is -2.31. The van der Waals surface area contributed by atoms with Gasteiger partial charge in [0.15, 0.2) is 0 Å². The average Bonchev–Trinajstić information content (AvgIpc) is 2.89. The van der Waals surface area contributed by atoms with Crippen molar-refractivity contribution in [3.63, 3.8) is 0 Å². The van der Waals surface area contributed by atoms with Gasteiger partial charge in [0.05, 0.1) is 44.1 Å². The van der Waals surface area contributed by atoms with Gasteiger partial charge in [-0.1, -0.05) is 35.3 Å². The number of benzene rings is 2. The minimum Gasteiger partial charge on any atom is -0.489 e. The van der Waals surface area contributed by atoms with Gasteiger partial charge in [-0.3, -0.25) is 9.88 Å². The summed E-state index contributed by atoms with van der Waals surface area (Å²) in [7, 11) is -3.63. The predicted octanol–water partition coefficient (Wildman–Crippen LogP) is 5.16. The number of aromatic nitrogens is 1. The van der Waals surface area contributed by atoms with E-state index in [2.05, 4.69) is 4.98 Å². The van der Waals surface area contributed by atoms with E-state index in [0.29, 0.717) is 10.4 Å². The van der Waals surface area contributed by atoms with Gasteiger partial charge in [0.25, 0.3) is 10.0 Å². The molecule has 1 aromatic heterocycles. The Bertz CT molecular complexity index is 1560. The van der Waals surface area contributed by atoms with Gasteiger partial charge in [-0.05, 0) is 30.3 Å². The van der Waals surface area contributed by atoms with Crippen LogP contribution in [0.25, 0.3) is 0 Å². The molecule has 1 unspecified atom stereocenters. The summed E-state index contributed by atoms with van der Waals surface area (Å²) in [4.78, 5) is 16.1. The standard InChI is InChI=1S/C24H20Cl2F3N3O7S/c1-38-12-32(40(36,37)14-5-6-17(26)16(10-14)24(27,28)29)19-9-13(25)11-30-20(19)21(33)15-3-2-4-18-22(15)39-8-7-31(18)23(34)35/h2-6,9-11,21,33H,7-8,12H2,1H3,(H,34,35). The molecule has 1 atom stereocenters. The number of anilines is 2. The number of ether oxygens (including phenoxy) is 2. The van der Waals surface area contributed by atoms with Gasteiger partial charge in [0, 0.05) is 18.9 Å². The SMILES string of the molecule is COCN(c1cc(Cl)cnc1C(O)c1cccc2c1OCCN2C(=O)O)S(=O)(=O)c1ccc(Cl)c(C(F)(F)F)c1. The molecule has 0 saturated carbocycles. The van der Waals surface area contributed by atoms with Crippen molar-refractivity contribution in [1.82, 2.24) is 4.98 Å². The molecule has 1 aliphatic heterocycles. The monoisotopic (exact) mass is 621 g/mol. The van der Waals surface area contributed by atoms with E-state index in [1.54, 1.807) is 0 Å². The quantitative estimate of drug-likeness (QED) is 0.346. The van der Waals surface area contributed by atoms with Crippen LogP contribution >= 0.6 is 23.2 Å². The molecule has 2 heterocycles. The third kappa shape index (κ3) is 5.63. The van der Waals surface area contributed by atoms with Crippen LogP contribution in [-0.2, 0) is 20.9 Å². The predicted molar refractivity (Wildman–Crippen MR) is 139 cm³/mol. The van der Waals surface area contributed by atoms with Crippen LogP contribution in [-0.4, -0.2) is 56.7 Å². The second kappa shape index (κ2) is 11.3. The number of amides is 1. The number of para-hydroxylation sites is 1. The van der Waals surface area contributed by atoms with E-state index in [1.807, 2.05) is 0 Å². The second-order valence-corrected chi connectivity index (χ2v) is 11.1. The van der Waals surface area contributed by atoms with Crippen molar-refractivity contribution in [2.75, 3.05) is 36.2 Å². The number of fused-ring (bicyclic) bond motifs is 1. The smallest absolute Gasteiger partial charge is 0.417 e. The summed E-state index contributed by atoms with van der Waals surface area (Å²) in [5, 5.41) is 20.2. The van der Waals surface area contributed by atoms with Crippen LogP contribution in [0.3, 0.4) is 0 Å². The van der Waals surface area contributed by atoms with Gasteiger partial charge in [-0.15, -0.1) is 0 Å². The highest BCUT2D eigenvalue weighted by molar-refractivity contribution is 7.92. The topological polar surface area (TPSA) is 130 Å². The maximum Gasteiger partial charge on any atom is 0.417 e. The molecule has 2 N–H and O–H groups in total. The van der Waals surface area contributed by atoms with E-state index in [4.69, 9.17) is 32.7 Å². The second-order valence-electron chi connectivity index (χ2n) is 8.35. The minimum absolute atomic E-state index is 0.0216. The van der Waals surface area contributed by atoms with Crippen LogP contribution in [0.5, 0.6) is 5.75 Å². The van der Waals surface area contributed by atoms with Gasteiger partial charge in [-0.2, -0.15) is 13.2 Å². The summed E-state index contributed by atoms with van der Waals surface area (Å²) in [6, 6.07) is 7.59. The molecule has 1 aliphatic rings. The lowest BCUT2D eigenvalue weighted by Crippen LogP contribution is -2.37. The lowest BCUT2D eigenvalue weighted by molar-refractivity contribution is -0.137. The Hall–Kier alpha value is -3.30. The molecule has 1 amide bonds. The molecule has 0 fully saturated rings. The summed E-state index contributed by atoms with van der Waals surface area (Å²) >= 11 is 11.8. The molecule has 214 valence electrons. The zero-order valence-electron chi connectivity index (χ0n) is 20.4. The molecule has 0 spiro atoms. The number of aliphatic hydroxyl groups is 1. The highest BCUT2D eigenvalue weighted by atomic mass is 35.5. The number of hydrogen-bond donors (Lipinski definition) is 2. The first kappa shape index (κ1) is 29.7. The van der Waals surface area contributed by atoms with Gasteiger partial charge in [-0.25, -0.2) is 17.5 Å². The Kier molecular flexibility index (Phi) is 8.38. The number of rotatable bonds is 7. The number of aliphatic hydroxyl groups excluding tert-OH is 1. The number of carboxylic acid groups (broad SMARTS) is 1. The van der Waals surface area contributed by atoms with Crippen LogP contribution in [0.4, 0.5) is 29.3 Å². The number of methoxy groups -OCH3 is 1. The fraction of sp³-hybridized carbons (Fsp3) is 0.250. The number of alkyl halides is 3. The van der Waals surface area contributed by atoms with E-state index in [0.717, 1.165) is 36.4 Å². The fourth-order valence-corrected chi connectivity index (χ4v) is 5.86. The summed E-state index contributed by atoms with van der Waals surface area (Å²) in [5.74, 6) is 0.0278. The minimum atomic E-state index is -4.94. The maximum absolute atomic E-state index is 13.7. The number of halogens is 5. The molecular formula is C24H20Cl2F3N3O7S. The summed E-state index contributed by atoms with van der Waals surface area (Å²) < 4.78 is 79.1. The zero-order chi connectivity index (χ0) is 29.4. The Morgan fingerprint density at radius 2 is 1.98 bits per heavy atom. The molecular weight excluding hydrogens is 602 g/mol. The van der Waals surface area contributed by atoms with Crippen LogP contribution in [0.1, 0.15) is 22.9 Å². The molecule has 16 heteroatoms. The third-order valence-corrected chi connectivity index (χ3v) is 8.14. The maximum atomic E-state index is 13.7. The van der Waals surface area contributed by atoms with E-state index in [-0.39, 0.29) is 46.6 Å². The number of pyridine rings is 1. The molecule has 10 nitrogen and oxygen atoms in total. The first-order valence-corrected chi connectivity index (χ1v) is 13.4. The largest absolute Gasteiger partial charge is 0.489 e. The zero-order valence-corrected chi connectivity index (χ0v) is 22.7. The Labute approximate surface area is 236 Å². The van der Waals surface area contributed by atoms with Gasteiger partial charge < -0.3 is 19.7 Å². The van der Waals surface area contributed by atoms with Gasteiger partial charge in [0.2, 0.25) is 0 Å². The van der Waals surface area contributed by atoms with Gasteiger partial charge >= 0.3 is 12.3 Å². The molecule has 2 aromatic carbocycles. The van der Waals surface area contributed by atoms with Crippen molar-refractivity contribution in [3.8, 4) is 5.75 Å². The van der Waals surface area contributed by atoms with Crippen LogP contribution < -0.4 is 13.9 Å². The molecule has 40 heavy (non-hydrogen) atoms. The number of nitrogens with zero attached hydrogens (tertiary/aromatic N) is 3. The fourth-order valence-electron chi connectivity index (χ4n) is 4.08. The van der Waals surface area contributed by atoms with Gasteiger partial charge in [0.1, 0.15) is 25.2 Å². The molecule has 0 bridgehead atoms. The number of carbonyl (C=O) groups is 1. The lowest BCUT2D eigenvalue weighted by atomic mass is 10.0. The summed E-state index contributed by atoms with van der Waals surface area (Å²) in [6.45, 7) is -0.691.